The first kappa shape index (κ1) is 14.0. The molecule has 3 heteroatoms. The summed E-state index contributed by atoms with van der Waals surface area (Å²) in [4.78, 5) is 6.91. The zero-order valence-electron chi connectivity index (χ0n) is 11.9. The zero-order valence-corrected chi connectivity index (χ0v) is 11.9. The summed E-state index contributed by atoms with van der Waals surface area (Å²) in [6, 6.07) is 6.64. The minimum atomic E-state index is 0.245. The minimum absolute atomic E-state index is 0.245. The van der Waals surface area contributed by atoms with E-state index in [0.29, 0.717) is 6.04 Å². The summed E-state index contributed by atoms with van der Waals surface area (Å²) in [5.74, 6) is 1.04. The van der Waals surface area contributed by atoms with Crippen LogP contribution in [0.5, 0.6) is 0 Å². The van der Waals surface area contributed by atoms with Crippen LogP contribution in [0.2, 0.25) is 0 Å². The molecule has 0 fully saturated rings. The lowest BCUT2D eigenvalue weighted by atomic mass is 9.87. The van der Waals surface area contributed by atoms with E-state index < -0.39 is 0 Å². The molecule has 1 rings (SSSR count). The smallest absolute Gasteiger partial charge is 0.128 e. The second-order valence-corrected chi connectivity index (χ2v) is 5.67. The Labute approximate surface area is 105 Å². The van der Waals surface area contributed by atoms with Crippen molar-refractivity contribution in [2.45, 2.75) is 40.3 Å². The lowest BCUT2D eigenvalue weighted by Crippen LogP contribution is -2.39. The Kier molecular flexibility index (Phi) is 4.52. The highest BCUT2D eigenvalue weighted by molar-refractivity contribution is 5.39. The van der Waals surface area contributed by atoms with Crippen LogP contribution in [-0.4, -0.2) is 25.1 Å². The molecule has 0 saturated carbocycles. The molecule has 1 atom stereocenters. The van der Waals surface area contributed by atoms with Gasteiger partial charge in [-0.15, -0.1) is 0 Å². The van der Waals surface area contributed by atoms with E-state index in [1.807, 2.05) is 7.05 Å². The summed E-state index contributed by atoms with van der Waals surface area (Å²) in [7, 11) is 4.05. The molecule has 1 heterocycles. The zero-order chi connectivity index (χ0) is 13.1. The summed E-state index contributed by atoms with van der Waals surface area (Å²) >= 11 is 0. The molecule has 1 aromatic rings. The molecule has 1 N–H and O–H groups in total. The molecule has 3 nitrogen and oxygen atoms in total. The van der Waals surface area contributed by atoms with Crippen molar-refractivity contribution >= 4 is 5.82 Å². The van der Waals surface area contributed by atoms with Crippen molar-refractivity contribution in [1.29, 1.82) is 0 Å². The van der Waals surface area contributed by atoms with Gasteiger partial charge in [0.25, 0.3) is 0 Å². The number of nitrogens with zero attached hydrogens (tertiary/aromatic N) is 2. The Morgan fingerprint density at radius 1 is 1.35 bits per heavy atom. The van der Waals surface area contributed by atoms with Gasteiger partial charge in [-0.1, -0.05) is 26.8 Å². The van der Waals surface area contributed by atoms with E-state index in [1.54, 1.807) is 0 Å². The molecule has 96 valence electrons. The molecule has 0 aliphatic heterocycles. The van der Waals surface area contributed by atoms with Gasteiger partial charge in [0.2, 0.25) is 0 Å². The molecule has 17 heavy (non-hydrogen) atoms. The number of hydrogen-bond acceptors (Lipinski definition) is 3. The van der Waals surface area contributed by atoms with E-state index in [4.69, 9.17) is 0 Å². The maximum absolute atomic E-state index is 4.66. The molecule has 0 aromatic carbocycles. The Balaban J connectivity index is 2.88. The van der Waals surface area contributed by atoms with E-state index in [-0.39, 0.29) is 5.41 Å². The third-order valence-electron chi connectivity index (χ3n) is 3.35. The molecular formula is C14H25N3. The number of rotatable bonds is 4. The van der Waals surface area contributed by atoms with Gasteiger partial charge >= 0.3 is 0 Å². The predicted molar refractivity (Wildman–Crippen MR) is 74.3 cm³/mol. The monoisotopic (exact) mass is 235 g/mol. The van der Waals surface area contributed by atoms with Crippen molar-refractivity contribution in [1.82, 2.24) is 10.3 Å². The Morgan fingerprint density at radius 3 is 2.53 bits per heavy atom. The first-order valence-corrected chi connectivity index (χ1v) is 6.19. The molecule has 1 unspecified atom stereocenters. The maximum atomic E-state index is 4.66. The van der Waals surface area contributed by atoms with Crippen molar-refractivity contribution < 1.29 is 0 Å². The summed E-state index contributed by atoms with van der Waals surface area (Å²) in [5.41, 5.74) is 1.33. The fourth-order valence-electron chi connectivity index (χ4n) is 1.72. The van der Waals surface area contributed by atoms with Crippen LogP contribution < -0.4 is 10.2 Å². The summed E-state index contributed by atoms with van der Waals surface area (Å²) in [5, 5.41) is 3.13. The van der Waals surface area contributed by atoms with Crippen molar-refractivity contribution in [2.24, 2.45) is 5.41 Å². The van der Waals surface area contributed by atoms with E-state index in [9.17, 15) is 0 Å². The topological polar surface area (TPSA) is 28.2 Å². The van der Waals surface area contributed by atoms with Crippen LogP contribution >= 0.6 is 0 Å². The molecule has 1 aromatic heterocycles. The van der Waals surface area contributed by atoms with Gasteiger partial charge in [-0.2, -0.15) is 0 Å². The van der Waals surface area contributed by atoms with Crippen molar-refractivity contribution in [3.8, 4) is 0 Å². The Bertz CT molecular complexity index is 355. The summed E-state index contributed by atoms with van der Waals surface area (Å²) in [6.07, 6.45) is 0. The minimum Gasteiger partial charge on any atom is -0.356 e. The lowest BCUT2D eigenvalue weighted by Gasteiger charge is -2.36. The molecule has 0 spiro atoms. The van der Waals surface area contributed by atoms with E-state index >= 15 is 0 Å². The first-order valence-electron chi connectivity index (χ1n) is 6.19. The normalized spacial score (nSPS) is 13.5. The molecular weight excluding hydrogens is 210 g/mol. The standard InChI is InChI=1S/C14H25N3/c1-11(14(2,3)4)17(6)13-9-7-8-12(16-13)10-15-5/h7-9,11,15H,10H2,1-6H3. The third kappa shape index (κ3) is 3.70. The van der Waals surface area contributed by atoms with E-state index in [0.717, 1.165) is 18.1 Å². The van der Waals surface area contributed by atoms with Crippen LogP contribution in [0.4, 0.5) is 5.82 Å². The maximum Gasteiger partial charge on any atom is 0.128 e. The molecule has 0 saturated heterocycles. The van der Waals surface area contributed by atoms with Gasteiger partial charge in [0.05, 0.1) is 5.69 Å². The first-order chi connectivity index (χ1) is 7.86. The van der Waals surface area contributed by atoms with Gasteiger partial charge < -0.3 is 10.2 Å². The van der Waals surface area contributed by atoms with Crippen molar-refractivity contribution in [3.05, 3.63) is 23.9 Å². The predicted octanol–water partition coefficient (Wildman–Crippen LogP) is 2.67. The fraction of sp³-hybridized carbons (Fsp3) is 0.643. The summed E-state index contributed by atoms with van der Waals surface area (Å²) in [6.45, 7) is 9.82. The van der Waals surface area contributed by atoms with Gasteiger partial charge in [-0.3, -0.25) is 0 Å². The largest absolute Gasteiger partial charge is 0.356 e. The number of pyridine rings is 1. The molecule has 0 bridgehead atoms. The average Bonchev–Trinajstić information content (AvgIpc) is 2.27. The Morgan fingerprint density at radius 2 is 2.00 bits per heavy atom. The fourth-order valence-corrected chi connectivity index (χ4v) is 1.72. The van der Waals surface area contributed by atoms with Gasteiger partial charge in [-0.05, 0) is 31.5 Å². The van der Waals surface area contributed by atoms with Crippen molar-refractivity contribution in [2.75, 3.05) is 19.0 Å². The van der Waals surface area contributed by atoms with Crippen LogP contribution in [0.3, 0.4) is 0 Å². The van der Waals surface area contributed by atoms with Gasteiger partial charge in [-0.25, -0.2) is 4.98 Å². The van der Waals surface area contributed by atoms with Crippen LogP contribution in [0.1, 0.15) is 33.4 Å². The highest BCUT2D eigenvalue weighted by Gasteiger charge is 2.24. The number of aromatic nitrogens is 1. The quantitative estimate of drug-likeness (QED) is 0.869. The van der Waals surface area contributed by atoms with E-state index in [2.05, 4.69) is 68.1 Å². The number of hydrogen-bond donors (Lipinski definition) is 1. The second kappa shape index (κ2) is 5.50. The van der Waals surface area contributed by atoms with Crippen LogP contribution in [0.15, 0.2) is 18.2 Å². The van der Waals surface area contributed by atoms with Gasteiger partial charge in [0.1, 0.15) is 5.82 Å². The van der Waals surface area contributed by atoms with Crippen molar-refractivity contribution in [3.63, 3.8) is 0 Å². The highest BCUT2D eigenvalue weighted by Crippen LogP contribution is 2.26. The second-order valence-electron chi connectivity index (χ2n) is 5.67. The SMILES string of the molecule is CNCc1cccc(N(C)C(C)C(C)(C)C)n1. The van der Waals surface area contributed by atoms with Crippen LogP contribution in [0, 0.1) is 5.41 Å². The Hall–Kier alpha value is -1.09. The molecule has 0 amide bonds. The van der Waals surface area contributed by atoms with Gasteiger partial charge in [0.15, 0.2) is 0 Å². The van der Waals surface area contributed by atoms with Gasteiger partial charge in [0, 0.05) is 19.6 Å². The molecule has 0 aliphatic rings. The summed E-state index contributed by atoms with van der Waals surface area (Å²) < 4.78 is 0. The third-order valence-corrected chi connectivity index (χ3v) is 3.35. The van der Waals surface area contributed by atoms with Crippen LogP contribution in [-0.2, 0) is 6.54 Å². The highest BCUT2D eigenvalue weighted by atomic mass is 15.2. The molecule has 0 aliphatic carbocycles. The number of nitrogens with one attached hydrogen (secondary N) is 1. The lowest BCUT2D eigenvalue weighted by molar-refractivity contribution is 0.328. The van der Waals surface area contributed by atoms with E-state index in [1.165, 1.54) is 0 Å². The number of anilines is 1. The van der Waals surface area contributed by atoms with Crippen LogP contribution in [0.25, 0.3) is 0 Å². The average molecular weight is 235 g/mol. The molecule has 0 radical (unpaired) electrons.